The van der Waals surface area contributed by atoms with E-state index < -0.39 is 299 Å². The molecule has 1 aromatic heterocycles. The Kier molecular flexibility index (Phi) is 20.9. The van der Waals surface area contributed by atoms with Crippen molar-refractivity contribution >= 4 is 44.9 Å². The molecular weight excluding hydrogens is 1890 g/mol. The highest BCUT2D eigenvalue weighted by Crippen LogP contribution is 2.63. The fraction of sp³-hybridized carbons (Fsp3) is 0.522. The Balaban J connectivity index is 0.000000141. The number of carbonyl (C=O) groups excluding carboxylic acids is 3. The monoisotopic (exact) mass is 2010 g/mol. The van der Waals surface area contributed by atoms with Gasteiger partial charge in [-0.25, -0.2) is 9.13 Å². The van der Waals surface area contributed by atoms with Crippen LogP contribution in [0.3, 0.4) is 0 Å². The molecule has 0 radical (unpaired) electrons. The highest BCUT2D eigenvalue weighted by molar-refractivity contribution is 7.47. The van der Waals surface area contributed by atoms with Crippen molar-refractivity contribution in [3.8, 4) is 86.2 Å². The quantitative estimate of drug-likeness (QED) is 0.0273. The number of fused-ring (bicyclic) bond motifs is 12. The maximum Gasteiger partial charge on any atom is 0.525 e. The number of aliphatic hydroxyl groups is 6. The lowest BCUT2D eigenvalue weighted by molar-refractivity contribution is -0.368. The van der Waals surface area contributed by atoms with Gasteiger partial charge in [0.25, 0.3) is 0 Å². The topological polar surface area (TPSA) is 576 Å². The molecule has 9 saturated heterocycles. The zero-order valence-electron chi connectivity index (χ0n) is 89.8. The van der Waals surface area contributed by atoms with Crippen LogP contribution in [0.2, 0.25) is 0 Å². The summed E-state index contributed by atoms with van der Waals surface area (Å²) in [5.74, 6) is -17.4. The van der Waals surface area contributed by atoms with Gasteiger partial charge in [-0.3, -0.25) is 34.0 Å². The van der Waals surface area contributed by atoms with Gasteiger partial charge in [0.1, 0.15) is 81.5 Å². The number of rotatable bonds is 20. The number of aromatic hydroxyl groups is 1. The fourth-order valence-electron chi connectivity index (χ4n) is 20.4. The number of hydrogen-bond donors (Lipinski definition) is 11. The highest BCUT2D eigenvalue weighted by atomic mass is 32.1. The van der Waals surface area contributed by atoms with E-state index in [4.69, 9.17) is 157 Å². The second kappa shape index (κ2) is 38.1. The van der Waals surface area contributed by atoms with E-state index in [1.54, 1.807) is 19.9 Å². The Morgan fingerprint density at radius 1 is 0.391 bits per heavy atom. The standard InChI is InChI=1S/C32H32O13S.2C29H33O16P/c1-37-19-6-13(7-20(38-2)25(19)33)23-14-8-17-18(42-12-41-17)9-15(14)28(16-10-39-30(36)24(16)23)44-32-27(35)26(34)29-21(43-32)11-40-31(45-29)22-4-3-5-46-22;2*1-11-38-9-20-27(42-11)23(30)24(31)29(43-20)44-25-14-7-17-16(40-10-41-17)6-13(14)21(22-15(25)8-39-28(22)32)12-4-18(36-2)26(19(5-12)37-3)45-46(33,34)35/h3-9,16,21,23-24,26-29,31-35H,10-12H2,1-2H3;2*4-7,11,15,20-25,27,29-31H,8-10H2,1-3H3,(H2,33,34,35)/t16-,21+,23+,24-,26+,27+,28+,29+,31+,32-;2*11-,15+,20-,21-,22+,23-,24-,25-,27-,29+/m011/s1/i1D3,2D3,12D2;2D3,3D3,10D2;10D2. The third kappa shape index (κ3) is 17.5. The molecule has 0 spiro atoms. The number of benzene rings is 6. The summed E-state index contributed by atoms with van der Waals surface area (Å²) < 4.78 is 325. The molecule has 6 aromatic carbocycles. The second-order valence-corrected chi connectivity index (χ2v) is 37.4. The van der Waals surface area contributed by atoms with Gasteiger partial charge < -0.3 is 173 Å². The van der Waals surface area contributed by atoms with E-state index in [0.717, 1.165) is 29.1 Å². The van der Waals surface area contributed by atoms with Crippen molar-refractivity contribution in [1.29, 1.82) is 0 Å². The van der Waals surface area contributed by atoms with Crippen molar-refractivity contribution in [2.24, 2.45) is 35.5 Å². The zero-order valence-corrected chi connectivity index (χ0v) is 74.4. The third-order valence-corrected chi connectivity index (χ3v) is 28.2. The van der Waals surface area contributed by atoms with Crippen LogP contribution in [-0.4, -0.2) is 280 Å². The van der Waals surface area contributed by atoms with Crippen LogP contribution in [0.5, 0.6) is 86.2 Å². The summed E-state index contributed by atoms with van der Waals surface area (Å²) in [4.78, 5) is 79.9. The molecule has 0 amide bonds. The summed E-state index contributed by atoms with van der Waals surface area (Å²) in [5.41, 5.74) is 1.96. The predicted molar refractivity (Wildman–Crippen MR) is 455 cm³/mol. The number of phenols is 1. The first-order valence-electron chi connectivity index (χ1n) is 51.6. The highest BCUT2D eigenvalue weighted by Gasteiger charge is 2.62. The number of phenolic OH excluding ortho intramolecular Hbond substituents is 1. The van der Waals surface area contributed by atoms with E-state index in [1.165, 1.54) is 74.1 Å². The minimum absolute atomic E-state index is 0.0240. The van der Waals surface area contributed by atoms with Crippen LogP contribution in [0.4, 0.5) is 0 Å². The van der Waals surface area contributed by atoms with Crippen molar-refractivity contribution in [2.75, 3.05) is 102 Å². The summed E-state index contributed by atoms with van der Waals surface area (Å²) >= 11 is 1.39. The Morgan fingerprint density at radius 2 is 0.703 bits per heavy atom. The average molecular weight is 2010 g/mol. The largest absolute Gasteiger partial charge is 0.525 e. The van der Waals surface area contributed by atoms with Crippen molar-refractivity contribution in [3.05, 3.63) is 145 Å². The number of esters is 3. The van der Waals surface area contributed by atoms with Gasteiger partial charge >= 0.3 is 33.6 Å². The van der Waals surface area contributed by atoms with Crippen LogP contribution in [0.15, 0.2) is 90.3 Å². The van der Waals surface area contributed by atoms with Crippen molar-refractivity contribution < 1.29 is 240 Å². The number of hydrogen-bond acceptors (Lipinski definition) is 42. The van der Waals surface area contributed by atoms with Gasteiger partial charge in [-0.15, -0.1) is 11.3 Å². The molecule has 7 aromatic rings. The van der Waals surface area contributed by atoms with E-state index >= 15 is 0 Å². The lowest BCUT2D eigenvalue weighted by atomic mass is 9.66. The van der Waals surface area contributed by atoms with Crippen LogP contribution in [0.1, 0.15) is 136 Å². The van der Waals surface area contributed by atoms with Crippen LogP contribution >= 0.6 is 27.0 Å². The van der Waals surface area contributed by atoms with Gasteiger partial charge in [0.15, 0.2) is 107 Å². The minimum atomic E-state index is -5.52. The van der Waals surface area contributed by atoms with Crippen LogP contribution in [0.25, 0.3) is 0 Å². The smallest absolute Gasteiger partial charge is 0.502 e. The molecule has 9 fully saturated rings. The molecule has 15 aliphatic rings. The number of phosphoric ester groups is 2. The molecule has 48 heteroatoms. The number of thiophene rings is 1. The first-order chi connectivity index (χ1) is 73.0. The molecule has 30 atom stereocenters. The Bertz CT molecular complexity index is 6560. The molecule has 138 heavy (non-hydrogen) atoms. The molecule has 0 unspecified atom stereocenters. The van der Waals surface area contributed by atoms with Crippen LogP contribution in [-0.2, 0) is 94.6 Å². The molecular formula is C90H98O45P2S. The number of methoxy groups -OCH3 is 6. The summed E-state index contributed by atoms with van der Waals surface area (Å²) in [6.07, 6.45) is -24.7. The maximum atomic E-state index is 13.7. The number of phosphoric acid groups is 2. The SMILES string of the molecule is [2H]C([2H])([2H])Oc1cc([C@@H]2c3cc4c(cc3[C@@H](O[C@@H]3O[C@@H]5CO[C@@H](C)O[C@H]5[C@H](O)[C@H]3O)[C@H]3COC(=O)[C@H]23)OC([2H])([2H])O4)cc(OC([2H])([2H])[2H])c1OP(=O)(O)O.[2H]C([2H])([2H])Oc1cc([C@@H]2c3cc4c(cc3[C@@H](O[C@@H]3O[C@@H]5CO[C@@H](c6cccs6)O[C@H]5[C@H](O)[C@H]3O)[C@H]3COC(=O)[C@H]23)OC([2H])([2H])O4)cc(OC([2H])([2H])[2H])c1O.[2H]C1([2H])Oc2cc3c(cc2O1)[C@@H](O[C@@H]1O[C@@H]2CO[C@@H](C)O[C@H]2[C@H](O)[C@H]1O)[C@H]1COC(=O)[C@@H]1[C@@H]3c1cc(OC)c(OP(=O)(O)O)c(OC)c1. The lowest BCUT2D eigenvalue weighted by Crippen LogP contribution is -2.63. The Labute approximate surface area is 812 Å². The van der Waals surface area contributed by atoms with Gasteiger partial charge in [0.2, 0.25) is 37.5 Å². The van der Waals surface area contributed by atoms with Gasteiger partial charge in [-0.2, -0.15) is 0 Å². The predicted octanol–water partition coefficient (Wildman–Crippen LogP) is 4.96. The van der Waals surface area contributed by atoms with Crippen LogP contribution < -0.4 is 65.9 Å². The number of ether oxygens (including phenoxy) is 27. The molecule has 13 heterocycles. The van der Waals surface area contributed by atoms with Crippen molar-refractivity contribution in [3.63, 3.8) is 0 Å². The van der Waals surface area contributed by atoms with E-state index in [-0.39, 0.29) is 125 Å². The number of carbonyl (C=O) groups is 3. The molecule has 12 aliphatic heterocycles. The van der Waals surface area contributed by atoms with Crippen LogP contribution in [0, 0.1) is 35.5 Å². The third-order valence-electron chi connectivity index (χ3n) is 26.4. The molecule has 3 aliphatic carbocycles. The Morgan fingerprint density at radius 3 is 1.02 bits per heavy atom. The summed E-state index contributed by atoms with van der Waals surface area (Å²) in [6, 6.07) is 19.1. The van der Waals surface area contributed by atoms with E-state index in [9.17, 15) is 78.8 Å². The molecule has 22 rings (SSSR count). The molecule has 11 N–H and O–H groups in total. The first-order valence-corrected chi connectivity index (χ1v) is 46.5. The summed E-state index contributed by atoms with van der Waals surface area (Å²) in [6.45, 7) is -5.12. The normalized spacial score (nSPS) is 37.9. The van der Waals surface area contributed by atoms with Crippen molar-refractivity contribution in [2.45, 2.75) is 161 Å². The van der Waals surface area contributed by atoms with Gasteiger partial charge in [0.05, 0.1) is 139 Å². The fourth-order valence-corrected chi connectivity index (χ4v) is 21.9. The lowest BCUT2D eigenvalue weighted by Gasteiger charge is -2.48. The zero-order chi connectivity index (χ0) is 112. The molecule has 744 valence electrons. The van der Waals surface area contributed by atoms with Crippen molar-refractivity contribution in [1.82, 2.24) is 0 Å². The molecule has 0 saturated carbocycles. The van der Waals surface area contributed by atoms with Gasteiger partial charge in [-0.1, -0.05) is 6.07 Å². The van der Waals surface area contributed by atoms with E-state index in [1.807, 2.05) is 11.4 Å². The first kappa shape index (κ1) is 75.8. The van der Waals surface area contributed by atoms with E-state index in [2.05, 4.69) is 4.52 Å². The number of cyclic esters (lactones) is 3. The number of aliphatic hydroxyl groups excluding tert-OH is 6. The summed E-state index contributed by atoms with van der Waals surface area (Å²) in [7, 11) is -20.9. The minimum Gasteiger partial charge on any atom is -0.502 e. The maximum absolute atomic E-state index is 13.7. The van der Waals surface area contributed by atoms with E-state index in [0.29, 0.717) is 16.7 Å². The molecule has 0 bridgehead atoms. The Hall–Kier alpha value is -9.99. The molecule has 45 nitrogen and oxygen atoms in total. The second-order valence-electron chi connectivity index (χ2n) is 34.1. The van der Waals surface area contributed by atoms with Gasteiger partial charge in [-0.05, 0) is 148 Å². The van der Waals surface area contributed by atoms with Gasteiger partial charge in [0, 0.05) is 35.5 Å². The summed E-state index contributed by atoms with van der Waals surface area (Å²) in [5, 5.41) is 79.5. The average Bonchev–Trinajstić information content (AvgIpc) is 1.51.